The Morgan fingerprint density at radius 1 is 0.882 bits per heavy atom. The first-order chi connectivity index (χ1) is 8.42. The van der Waals surface area contributed by atoms with Gasteiger partial charge in [0.2, 0.25) is 0 Å². The molecule has 0 aromatic carbocycles. The van der Waals surface area contributed by atoms with E-state index in [-0.39, 0.29) is 0 Å². The number of fused-ring (bicyclic) bond motifs is 1. The lowest BCUT2D eigenvalue weighted by Crippen LogP contribution is -2.47. The average Bonchev–Trinajstić information content (AvgIpc) is 2.39. The highest BCUT2D eigenvalue weighted by atomic mass is 15.2. The van der Waals surface area contributed by atoms with Gasteiger partial charge in [0.25, 0.3) is 0 Å². The minimum Gasteiger partial charge on any atom is -0.330 e. The Morgan fingerprint density at radius 2 is 1.65 bits per heavy atom. The second-order valence-corrected chi connectivity index (χ2v) is 5.99. The first-order valence-electron chi connectivity index (χ1n) is 7.86. The fourth-order valence-corrected chi connectivity index (χ4v) is 3.82. The van der Waals surface area contributed by atoms with Gasteiger partial charge in [0.1, 0.15) is 0 Å². The molecule has 2 N–H and O–H groups in total. The van der Waals surface area contributed by atoms with Gasteiger partial charge >= 0.3 is 0 Å². The maximum atomic E-state index is 5.53. The Kier molecular flexibility index (Phi) is 5.79. The van der Waals surface area contributed by atoms with Crippen LogP contribution < -0.4 is 5.73 Å². The predicted octanol–water partition coefficient (Wildman–Crippen LogP) is 3.16. The third-order valence-electron chi connectivity index (χ3n) is 4.76. The fourth-order valence-electron chi connectivity index (χ4n) is 3.82. The van der Waals surface area contributed by atoms with Crippen molar-refractivity contribution < 1.29 is 0 Å². The number of piperidine rings is 1. The molecule has 0 amide bonds. The molecule has 0 bridgehead atoms. The number of rotatable bonds is 6. The van der Waals surface area contributed by atoms with Gasteiger partial charge in [-0.05, 0) is 64.1 Å². The second-order valence-electron chi connectivity index (χ2n) is 5.99. The van der Waals surface area contributed by atoms with E-state index in [4.69, 9.17) is 5.73 Å². The van der Waals surface area contributed by atoms with Gasteiger partial charge in [-0.25, -0.2) is 0 Å². The molecule has 17 heavy (non-hydrogen) atoms. The minimum atomic E-state index is 0.869. The molecule has 1 aliphatic heterocycles. The zero-order valence-corrected chi connectivity index (χ0v) is 11.4. The van der Waals surface area contributed by atoms with E-state index in [0.717, 1.165) is 18.5 Å². The van der Waals surface area contributed by atoms with Crippen molar-refractivity contribution in [2.24, 2.45) is 11.7 Å². The SMILES string of the molecule is NCCCCCCN1CCCC2CCCCC21. The van der Waals surface area contributed by atoms with Crippen molar-refractivity contribution in [1.29, 1.82) is 0 Å². The van der Waals surface area contributed by atoms with Crippen LogP contribution in [-0.4, -0.2) is 30.6 Å². The molecular weight excluding hydrogens is 208 g/mol. The molecule has 1 heterocycles. The van der Waals surface area contributed by atoms with Crippen molar-refractivity contribution in [2.45, 2.75) is 70.3 Å². The van der Waals surface area contributed by atoms with E-state index in [1.165, 1.54) is 77.3 Å². The summed E-state index contributed by atoms with van der Waals surface area (Å²) in [5.41, 5.74) is 5.53. The number of nitrogens with two attached hydrogens (primary N) is 1. The lowest BCUT2D eigenvalue weighted by Gasteiger charge is -2.44. The van der Waals surface area contributed by atoms with E-state index >= 15 is 0 Å². The van der Waals surface area contributed by atoms with Crippen LogP contribution >= 0.6 is 0 Å². The molecule has 2 nitrogen and oxygen atoms in total. The van der Waals surface area contributed by atoms with E-state index in [9.17, 15) is 0 Å². The molecule has 2 heteroatoms. The zero-order valence-electron chi connectivity index (χ0n) is 11.4. The van der Waals surface area contributed by atoms with Gasteiger partial charge in [-0.2, -0.15) is 0 Å². The predicted molar refractivity (Wildman–Crippen MR) is 74.1 cm³/mol. The summed E-state index contributed by atoms with van der Waals surface area (Å²) in [5, 5.41) is 0. The molecule has 0 aromatic rings. The zero-order chi connectivity index (χ0) is 11.9. The topological polar surface area (TPSA) is 29.3 Å². The molecule has 2 unspecified atom stereocenters. The van der Waals surface area contributed by atoms with E-state index in [1.807, 2.05) is 0 Å². The highest BCUT2D eigenvalue weighted by molar-refractivity contribution is 4.87. The number of hydrogen-bond acceptors (Lipinski definition) is 2. The molecule has 1 saturated carbocycles. The number of nitrogens with zero attached hydrogens (tertiary/aromatic N) is 1. The molecule has 100 valence electrons. The Labute approximate surface area is 107 Å². The molecule has 1 aliphatic carbocycles. The number of likely N-dealkylation sites (tertiary alicyclic amines) is 1. The summed E-state index contributed by atoms with van der Waals surface area (Å²) in [6, 6.07) is 0.951. The summed E-state index contributed by atoms with van der Waals surface area (Å²) in [6.45, 7) is 3.60. The van der Waals surface area contributed by atoms with Gasteiger partial charge in [0.05, 0.1) is 0 Å². The van der Waals surface area contributed by atoms with Gasteiger partial charge in [-0.15, -0.1) is 0 Å². The Bertz CT molecular complexity index is 203. The molecule has 2 rings (SSSR count). The van der Waals surface area contributed by atoms with Gasteiger partial charge in [0.15, 0.2) is 0 Å². The molecule has 0 aromatic heterocycles. The van der Waals surface area contributed by atoms with E-state index in [2.05, 4.69) is 4.90 Å². The summed E-state index contributed by atoms with van der Waals surface area (Å²) in [5.74, 6) is 1.04. The van der Waals surface area contributed by atoms with Gasteiger partial charge < -0.3 is 10.6 Å². The first-order valence-corrected chi connectivity index (χ1v) is 7.86. The van der Waals surface area contributed by atoms with Crippen molar-refractivity contribution in [2.75, 3.05) is 19.6 Å². The molecule has 2 aliphatic rings. The molecule has 0 radical (unpaired) electrons. The quantitative estimate of drug-likeness (QED) is 0.720. The van der Waals surface area contributed by atoms with Crippen molar-refractivity contribution in [3.63, 3.8) is 0 Å². The standard InChI is InChI=1S/C15H30N2/c16-11-5-1-2-6-12-17-13-7-9-14-8-3-4-10-15(14)17/h14-15H,1-13,16H2. The Morgan fingerprint density at radius 3 is 2.53 bits per heavy atom. The monoisotopic (exact) mass is 238 g/mol. The van der Waals surface area contributed by atoms with Crippen molar-refractivity contribution in [3.8, 4) is 0 Å². The summed E-state index contributed by atoms with van der Waals surface area (Å²) in [6.07, 6.45) is 14.2. The highest BCUT2D eigenvalue weighted by Crippen LogP contribution is 2.35. The molecule has 1 saturated heterocycles. The molecule has 2 fully saturated rings. The van der Waals surface area contributed by atoms with Crippen LogP contribution in [0.5, 0.6) is 0 Å². The van der Waals surface area contributed by atoms with Crippen LogP contribution in [0.2, 0.25) is 0 Å². The summed E-state index contributed by atoms with van der Waals surface area (Å²) < 4.78 is 0. The van der Waals surface area contributed by atoms with Crippen LogP contribution in [0.15, 0.2) is 0 Å². The largest absolute Gasteiger partial charge is 0.330 e. The fraction of sp³-hybridized carbons (Fsp3) is 1.00. The maximum absolute atomic E-state index is 5.53. The van der Waals surface area contributed by atoms with Gasteiger partial charge in [-0.1, -0.05) is 25.7 Å². The highest BCUT2D eigenvalue weighted by Gasteiger charge is 2.32. The summed E-state index contributed by atoms with van der Waals surface area (Å²) >= 11 is 0. The van der Waals surface area contributed by atoms with E-state index < -0.39 is 0 Å². The second kappa shape index (κ2) is 7.38. The van der Waals surface area contributed by atoms with Crippen LogP contribution in [0.25, 0.3) is 0 Å². The Balaban J connectivity index is 1.67. The van der Waals surface area contributed by atoms with Crippen LogP contribution in [-0.2, 0) is 0 Å². The average molecular weight is 238 g/mol. The lowest BCUT2D eigenvalue weighted by molar-refractivity contribution is 0.0595. The summed E-state index contributed by atoms with van der Waals surface area (Å²) in [7, 11) is 0. The summed E-state index contributed by atoms with van der Waals surface area (Å²) in [4.78, 5) is 2.82. The smallest absolute Gasteiger partial charge is 0.0123 e. The third kappa shape index (κ3) is 3.96. The minimum absolute atomic E-state index is 0.869. The lowest BCUT2D eigenvalue weighted by atomic mass is 9.78. The van der Waals surface area contributed by atoms with E-state index in [1.54, 1.807) is 0 Å². The molecule has 0 spiro atoms. The van der Waals surface area contributed by atoms with Crippen LogP contribution in [0.1, 0.15) is 64.2 Å². The third-order valence-corrected chi connectivity index (χ3v) is 4.76. The normalized spacial score (nSPS) is 30.2. The maximum Gasteiger partial charge on any atom is 0.0123 e. The number of unbranched alkanes of at least 4 members (excludes halogenated alkanes) is 3. The van der Waals surface area contributed by atoms with Crippen LogP contribution in [0, 0.1) is 5.92 Å². The first kappa shape index (κ1) is 13.4. The van der Waals surface area contributed by atoms with Crippen molar-refractivity contribution in [3.05, 3.63) is 0 Å². The van der Waals surface area contributed by atoms with Crippen molar-refractivity contribution >= 4 is 0 Å². The van der Waals surface area contributed by atoms with Crippen molar-refractivity contribution in [1.82, 2.24) is 4.90 Å². The number of hydrogen-bond donors (Lipinski definition) is 1. The van der Waals surface area contributed by atoms with Gasteiger partial charge in [0, 0.05) is 6.04 Å². The van der Waals surface area contributed by atoms with E-state index in [0.29, 0.717) is 0 Å². The Hall–Kier alpha value is -0.0800. The van der Waals surface area contributed by atoms with Crippen LogP contribution in [0.3, 0.4) is 0 Å². The molecule has 2 atom stereocenters. The molecular formula is C15H30N2. The van der Waals surface area contributed by atoms with Gasteiger partial charge in [-0.3, -0.25) is 0 Å². The van der Waals surface area contributed by atoms with Crippen LogP contribution in [0.4, 0.5) is 0 Å².